The van der Waals surface area contributed by atoms with E-state index in [1.165, 1.54) is 12.7 Å². The minimum atomic E-state index is -0.0437. The van der Waals surface area contributed by atoms with Gasteiger partial charge in [-0.25, -0.2) is 0 Å². The van der Waals surface area contributed by atoms with Gasteiger partial charge < -0.3 is 9.73 Å². The SMILES string of the molecule is CCSC1CCC(NC(=O)c2ccoc2Br)C1. The smallest absolute Gasteiger partial charge is 0.255 e. The highest BCUT2D eigenvalue weighted by Crippen LogP contribution is 2.30. The Morgan fingerprint density at radius 2 is 2.47 bits per heavy atom. The van der Waals surface area contributed by atoms with Crippen LogP contribution in [0.25, 0.3) is 0 Å². The van der Waals surface area contributed by atoms with Gasteiger partial charge in [0, 0.05) is 11.3 Å². The Morgan fingerprint density at radius 1 is 1.65 bits per heavy atom. The molecule has 1 amide bonds. The molecule has 2 unspecified atom stereocenters. The lowest BCUT2D eigenvalue weighted by atomic mass is 10.2. The topological polar surface area (TPSA) is 42.2 Å². The second-order valence-corrected chi connectivity index (χ2v) is 6.47. The molecule has 0 saturated heterocycles. The second kappa shape index (κ2) is 5.96. The maximum Gasteiger partial charge on any atom is 0.255 e. The molecule has 3 nitrogen and oxygen atoms in total. The number of halogens is 1. The van der Waals surface area contributed by atoms with E-state index < -0.39 is 0 Å². The van der Waals surface area contributed by atoms with Crippen molar-refractivity contribution in [3.63, 3.8) is 0 Å². The van der Waals surface area contributed by atoms with Gasteiger partial charge >= 0.3 is 0 Å². The van der Waals surface area contributed by atoms with Crippen molar-refractivity contribution in [1.29, 1.82) is 0 Å². The molecule has 94 valence electrons. The normalized spacial score (nSPS) is 23.9. The zero-order valence-corrected chi connectivity index (χ0v) is 12.1. The quantitative estimate of drug-likeness (QED) is 0.924. The summed E-state index contributed by atoms with van der Waals surface area (Å²) in [6.07, 6.45) is 4.89. The number of amides is 1. The number of carbonyl (C=O) groups is 1. The first-order chi connectivity index (χ1) is 8.20. The number of hydrogen-bond donors (Lipinski definition) is 1. The van der Waals surface area contributed by atoms with Gasteiger partial charge in [-0.3, -0.25) is 4.79 Å². The highest BCUT2D eigenvalue weighted by molar-refractivity contribution is 9.10. The van der Waals surface area contributed by atoms with E-state index in [2.05, 4.69) is 28.2 Å². The highest BCUT2D eigenvalue weighted by atomic mass is 79.9. The van der Waals surface area contributed by atoms with Crippen molar-refractivity contribution < 1.29 is 9.21 Å². The first kappa shape index (κ1) is 13.0. The third kappa shape index (κ3) is 3.28. The van der Waals surface area contributed by atoms with Crippen molar-refractivity contribution in [2.75, 3.05) is 5.75 Å². The summed E-state index contributed by atoms with van der Waals surface area (Å²) in [4.78, 5) is 11.9. The number of thioether (sulfide) groups is 1. The van der Waals surface area contributed by atoms with Crippen LogP contribution in [-0.4, -0.2) is 23.0 Å². The molecule has 17 heavy (non-hydrogen) atoms. The molecule has 1 heterocycles. The van der Waals surface area contributed by atoms with Crippen molar-refractivity contribution in [1.82, 2.24) is 5.32 Å². The molecule has 0 bridgehead atoms. The van der Waals surface area contributed by atoms with E-state index in [9.17, 15) is 4.79 Å². The molecule has 0 aliphatic heterocycles. The molecule has 1 aromatic rings. The molecule has 2 rings (SSSR count). The summed E-state index contributed by atoms with van der Waals surface area (Å²) in [6, 6.07) is 2.00. The van der Waals surface area contributed by atoms with E-state index in [0.29, 0.717) is 21.5 Å². The van der Waals surface area contributed by atoms with E-state index in [-0.39, 0.29) is 5.91 Å². The minimum Gasteiger partial charge on any atom is -0.457 e. The Morgan fingerprint density at radius 3 is 3.12 bits per heavy atom. The van der Waals surface area contributed by atoms with E-state index in [1.54, 1.807) is 6.07 Å². The maximum absolute atomic E-state index is 11.9. The molecule has 1 N–H and O–H groups in total. The Balaban J connectivity index is 1.86. The monoisotopic (exact) mass is 317 g/mol. The van der Waals surface area contributed by atoms with Crippen molar-refractivity contribution in [3.8, 4) is 0 Å². The summed E-state index contributed by atoms with van der Waals surface area (Å²) in [5, 5.41) is 3.77. The lowest BCUT2D eigenvalue weighted by molar-refractivity contribution is 0.0936. The fourth-order valence-electron chi connectivity index (χ4n) is 2.18. The second-order valence-electron chi connectivity index (χ2n) is 4.17. The average molecular weight is 318 g/mol. The van der Waals surface area contributed by atoms with Gasteiger partial charge in [-0.1, -0.05) is 6.92 Å². The van der Waals surface area contributed by atoms with Gasteiger partial charge in [0.1, 0.15) is 0 Å². The van der Waals surface area contributed by atoms with Crippen LogP contribution in [0.3, 0.4) is 0 Å². The molecule has 1 aliphatic rings. The Kier molecular flexibility index (Phi) is 4.56. The fourth-order valence-corrected chi connectivity index (χ4v) is 3.74. The molecule has 1 aliphatic carbocycles. The first-order valence-electron chi connectivity index (χ1n) is 5.86. The Bertz CT molecular complexity index is 394. The highest BCUT2D eigenvalue weighted by Gasteiger charge is 2.26. The van der Waals surface area contributed by atoms with Crippen molar-refractivity contribution in [2.45, 2.75) is 37.5 Å². The van der Waals surface area contributed by atoms with Crippen LogP contribution in [0.2, 0.25) is 0 Å². The van der Waals surface area contributed by atoms with Gasteiger partial charge in [-0.05, 0) is 47.0 Å². The van der Waals surface area contributed by atoms with Crippen LogP contribution in [0.15, 0.2) is 21.4 Å². The predicted molar refractivity (Wildman–Crippen MR) is 73.4 cm³/mol. The number of rotatable bonds is 4. The van der Waals surface area contributed by atoms with E-state index in [4.69, 9.17) is 4.42 Å². The number of furan rings is 1. The van der Waals surface area contributed by atoms with Gasteiger partial charge in [0.2, 0.25) is 0 Å². The van der Waals surface area contributed by atoms with Crippen molar-refractivity contribution in [3.05, 3.63) is 22.6 Å². The summed E-state index contributed by atoms with van der Waals surface area (Å²) in [5.41, 5.74) is 0.580. The third-order valence-electron chi connectivity index (χ3n) is 2.98. The van der Waals surface area contributed by atoms with Crippen LogP contribution in [-0.2, 0) is 0 Å². The molecule has 1 saturated carbocycles. The molecule has 0 spiro atoms. The van der Waals surface area contributed by atoms with Crippen LogP contribution in [0, 0.1) is 0 Å². The Hall–Kier alpha value is -0.420. The number of hydrogen-bond acceptors (Lipinski definition) is 3. The maximum atomic E-state index is 11.9. The molecular formula is C12H16BrNO2S. The predicted octanol–water partition coefficient (Wildman–Crippen LogP) is 3.45. The number of nitrogens with one attached hydrogen (secondary N) is 1. The molecule has 1 aromatic heterocycles. The zero-order chi connectivity index (χ0) is 12.3. The van der Waals surface area contributed by atoms with Gasteiger partial charge in [-0.2, -0.15) is 11.8 Å². The van der Waals surface area contributed by atoms with Gasteiger partial charge in [0.15, 0.2) is 4.67 Å². The lowest BCUT2D eigenvalue weighted by Crippen LogP contribution is -2.33. The third-order valence-corrected chi connectivity index (χ3v) is 4.83. The fraction of sp³-hybridized carbons (Fsp3) is 0.583. The van der Waals surface area contributed by atoms with E-state index in [0.717, 1.165) is 18.6 Å². The molecule has 2 atom stereocenters. The van der Waals surface area contributed by atoms with Crippen LogP contribution < -0.4 is 5.32 Å². The summed E-state index contributed by atoms with van der Waals surface area (Å²) in [6.45, 7) is 2.18. The molecule has 0 radical (unpaired) electrons. The van der Waals surface area contributed by atoms with Crippen molar-refractivity contribution in [2.24, 2.45) is 0 Å². The lowest BCUT2D eigenvalue weighted by Gasteiger charge is -2.12. The molecule has 1 fully saturated rings. The summed E-state index contributed by atoms with van der Waals surface area (Å²) >= 11 is 5.21. The molecular weight excluding hydrogens is 302 g/mol. The molecule has 5 heteroatoms. The standard InChI is InChI=1S/C12H16BrNO2S/c1-2-17-9-4-3-8(7-9)14-12(15)10-5-6-16-11(10)13/h5-6,8-9H,2-4,7H2,1H3,(H,14,15). The van der Waals surface area contributed by atoms with Gasteiger partial charge in [-0.15, -0.1) is 0 Å². The summed E-state index contributed by atoms with van der Waals surface area (Å²) in [5.74, 6) is 1.11. The minimum absolute atomic E-state index is 0.0437. The molecule has 0 aromatic carbocycles. The van der Waals surface area contributed by atoms with Crippen LogP contribution >= 0.6 is 27.7 Å². The summed E-state index contributed by atoms with van der Waals surface area (Å²) < 4.78 is 5.57. The largest absolute Gasteiger partial charge is 0.457 e. The van der Waals surface area contributed by atoms with Crippen LogP contribution in [0.4, 0.5) is 0 Å². The van der Waals surface area contributed by atoms with Crippen LogP contribution in [0.1, 0.15) is 36.5 Å². The first-order valence-corrected chi connectivity index (χ1v) is 7.70. The summed E-state index contributed by atoms with van der Waals surface area (Å²) in [7, 11) is 0. The van der Waals surface area contributed by atoms with Crippen LogP contribution in [0.5, 0.6) is 0 Å². The van der Waals surface area contributed by atoms with E-state index in [1.807, 2.05) is 11.8 Å². The Labute approximate surface area is 114 Å². The van der Waals surface area contributed by atoms with Crippen molar-refractivity contribution >= 4 is 33.6 Å². The zero-order valence-electron chi connectivity index (χ0n) is 9.74. The average Bonchev–Trinajstić information content (AvgIpc) is 2.88. The van der Waals surface area contributed by atoms with Gasteiger partial charge in [0.05, 0.1) is 11.8 Å². The van der Waals surface area contributed by atoms with Gasteiger partial charge in [0.25, 0.3) is 5.91 Å². The number of carbonyl (C=O) groups excluding carboxylic acids is 1. The van der Waals surface area contributed by atoms with E-state index >= 15 is 0 Å².